The molecule has 0 rings (SSSR count). The molecule has 0 heterocycles. The largest absolute Gasteiger partial charge is 0.444 e. The molecular weight excluding hydrogens is 270 g/mol. The van der Waals surface area contributed by atoms with Gasteiger partial charge in [-0.3, -0.25) is 0 Å². The Balaban J connectivity index is 4.42. The molecule has 5 heteroatoms. The van der Waals surface area contributed by atoms with Crippen LogP contribution in [0.5, 0.6) is 0 Å². The van der Waals surface area contributed by atoms with Crippen LogP contribution in [0.2, 0.25) is 0 Å². The van der Waals surface area contributed by atoms with Crippen LogP contribution in [0.4, 0.5) is 4.79 Å². The first-order valence-electron chi connectivity index (χ1n) is 7.85. The number of hydrogen-bond donors (Lipinski definition) is 2. The minimum absolute atomic E-state index is 0.0730. The summed E-state index contributed by atoms with van der Waals surface area (Å²) in [5, 5.41) is 12.6. The van der Waals surface area contributed by atoms with Gasteiger partial charge < -0.3 is 19.9 Å². The molecule has 0 saturated heterocycles. The molecule has 0 saturated carbocycles. The summed E-state index contributed by atoms with van der Waals surface area (Å²) < 4.78 is 10.3. The zero-order valence-corrected chi connectivity index (χ0v) is 14.3. The second-order valence-electron chi connectivity index (χ2n) is 6.71. The van der Waals surface area contributed by atoms with E-state index in [1.165, 1.54) is 0 Å². The summed E-state index contributed by atoms with van der Waals surface area (Å²) in [5.41, 5.74) is -0.769. The standard InChI is InChI=1S/C16H33NO4/c1-6-9-16(13-18,10-7-8-11-20-5)12-17-14(19)21-15(2,3)4/h18H,6-13H2,1-5H3,(H,17,19). The predicted molar refractivity (Wildman–Crippen MR) is 84.4 cm³/mol. The topological polar surface area (TPSA) is 67.8 Å². The summed E-state index contributed by atoms with van der Waals surface area (Å²) in [6.45, 7) is 8.84. The lowest BCUT2D eigenvalue weighted by Crippen LogP contribution is -2.42. The van der Waals surface area contributed by atoms with Gasteiger partial charge in [0, 0.05) is 25.7 Å². The van der Waals surface area contributed by atoms with Gasteiger partial charge in [-0.25, -0.2) is 4.79 Å². The van der Waals surface area contributed by atoms with E-state index in [0.29, 0.717) is 6.54 Å². The van der Waals surface area contributed by atoms with Crippen molar-refractivity contribution in [2.24, 2.45) is 5.41 Å². The molecule has 0 aromatic heterocycles. The number of alkyl carbamates (subject to hydrolysis) is 1. The quantitative estimate of drug-likeness (QED) is 0.609. The first kappa shape index (κ1) is 20.2. The van der Waals surface area contributed by atoms with Crippen LogP contribution in [-0.2, 0) is 9.47 Å². The van der Waals surface area contributed by atoms with Crippen molar-refractivity contribution < 1.29 is 19.4 Å². The molecule has 0 aliphatic heterocycles. The predicted octanol–water partition coefficient (Wildman–Crippen LogP) is 3.11. The highest BCUT2D eigenvalue weighted by Gasteiger charge is 2.29. The fourth-order valence-corrected chi connectivity index (χ4v) is 2.37. The van der Waals surface area contributed by atoms with Gasteiger partial charge in [-0.2, -0.15) is 0 Å². The highest BCUT2D eigenvalue weighted by atomic mass is 16.6. The lowest BCUT2D eigenvalue weighted by atomic mass is 9.79. The molecule has 0 aromatic rings. The monoisotopic (exact) mass is 303 g/mol. The second-order valence-corrected chi connectivity index (χ2v) is 6.71. The molecule has 0 aliphatic rings. The number of rotatable bonds is 10. The third-order valence-corrected chi connectivity index (χ3v) is 3.43. The maximum absolute atomic E-state index is 11.8. The van der Waals surface area contributed by atoms with E-state index >= 15 is 0 Å². The number of aliphatic hydroxyl groups excluding tert-OH is 1. The van der Waals surface area contributed by atoms with E-state index < -0.39 is 11.7 Å². The Morgan fingerprint density at radius 3 is 2.33 bits per heavy atom. The fourth-order valence-electron chi connectivity index (χ4n) is 2.37. The van der Waals surface area contributed by atoms with Crippen LogP contribution in [-0.4, -0.2) is 43.7 Å². The Kier molecular flexibility index (Phi) is 9.62. The molecule has 0 bridgehead atoms. The maximum Gasteiger partial charge on any atom is 0.407 e. The van der Waals surface area contributed by atoms with E-state index in [1.54, 1.807) is 7.11 Å². The highest BCUT2D eigenvalue weighted by Crippen LogP contribution is 2.29. The second kappa shape index (κ2) is 10.0. The third kappa shape index (κ3) is 9.69. The number of amides is 1. The highest BCUT2D eigenvalue weighted by molar-refractivity contribution is 5.67. The van der Waals surface area contributed by atoms with Gasteiger partial charge in [0.15, 0.2) is 0 Å². The minimum atomic E-state index is -0.505. The van der Waals surface area contributed by atoms with Gasteiger partial charge in [-0.15, -0.1) is 0 Å². The molecule has 1 amide bonds. The average molecular weight is 303 g/mol. The summed E-state index contributed by atoms with van der Waals surface area (Å²) in [6, 6.07) is 0. The van der Waals surface area contributed by atoms with Crippen molar-refractivity contribution in [3.63, 3.8) is 0 Å². The first-order valence-corrected chi connectivity index (χ1v) is 7.85. The van der Waals surface area contributed by atoms with Crippen LogP contribution in [0.1, 0.15) is 59.8 Å². The number of nitrogens with one attached hydrogen (secondary N) is 1. The lowest BCUT2D eigenvalue weighted by molar-refractivity contribution is 0.0437. The summed E-state index contributed by atoms with van der Waals surface area (Å²) in [4.78, 5) is 11.8. The van der Waals surface area contributed by atoms with E-state index in [0.717, 1.165) is 38.7 Å². The molecule has 126 valence electrons. The van der Waals surface area contributed by atoms with E-state index in [-0.39, 0.29) is 12.0 Å². The number of carbonyl (C=O) groups is 1. The van der Waals surface area contributed by atoms with Crippen LogP contribution < -0.4 is 5.32 Å². The van der Waals surface area contributed by atoms with Crippen molar-refractivity contribution in [1.82, 2.24) is 5.32 Å². The summed E-state index contributed by atoms with van der Waals surface area (Å²) in [7, 11) is 1.69. The van der Waals surface area contributed by atoms with Crippen molar-refractivity contribution >= 4 is 6.09 Å². The zero-order chi connectivity index (χ0) is 16.4. The van der Waals surface area contributed by atoms with E-state index in [2.05, 4.69) is 12.2 Å². The van der Waals surface area contributed by atoms with Crippen molar-refractivity contribution in [1.29, 1.82) is 0 Å². The van der Waals surface area contributed by atoms with Gasteiger partial charge in [-0.1, -0.05) is 19.8 Å². The molecule has 0 radical (unpaired) electrons. The number of carbonyl (C=O) groups excluding carboxylic acids is 1. The number of unbranched alkanes of at least 4 members (excludes halogenated alkanes) is 1. The van der Waals surface area contributed by atoms with Gasteiger partial charge in [0.1, 0.15) is 5.60 Å². The van der Waals surface area contributed by atoms with E-state index in [9.17, 15) is 9.90 Å². The van der Waals surface area contributed by atoms with E-state index in [1.807, 2.05) is 20.8 Å². The Labute approximate surface area is 129 Å². The van der Waals surface area contributed by atoms with Gasteiger partial charge in [-0.05, 0) is 40.0 Å². The smallest absolute Gasteiger partial charge is 0.407 e. The van der Waals surface area contributed by atoms with Gasteiger partial charge in [0.25, 0.3) is 0 Å². The molecule has 1 atom stereocenters. The number of aliphatic hydroxyl groups is 1. The molecule has 0 fully saturated rings. The normalized spacial score (nSPS) is 14.6. The van der Waals surface area contributed by atoms with Crippen LogP contribution in [0.25, 0.3) is 0 Å². The first-order chi connectivity index (χ1) is 9.78. The van der Waals surface area contributed by atoms with E-state index in [4.69, 9.17) is 9.47 Å². The summed E-state index contributed by atoms with van der Waals surface area (Å²) in [5.74, 6) is 0. The van der Waals surface area contributed by atoms with Crippen molar-refractivity contribution in [2.45, 2.75) is 65.4 Å². The van der Waals surface area contributed by atoms with Crippen molar-refractivity contribution in [3.8, 4) is 0 Å². The maximum atomic E-state index is 11.8. The molecular formula is C16H33NO4. The number of hydrogen-bond acceptors (Lipinski definition) is 4. The summed E-state index contributed by atoms with van der Waals surface area (Å²) in [6.07, 6.45) is 4.25. The minimum Gasteiger partial charge on any atom is -0.444 e. The molecule has 0 spiro atoms. The van der Waals surface area contributed by atoms with Crippen LogP contribution in [0.15, 0.2) is 0 Å². The van der Waals surface area contributed by atoms with Crippen LogP contribution in [0.3, 0.4) is 0 Å². The molecule has 5 nitrogen and oxygen atoms in total. The lowest BCUT2D eigenvalue weighted by Gasteiger charge is -2.32. The van der Waals surface area contributed by atoms with Crippen molar-refractivity contribution in [2.75, 3.05) is 26.9 Å². The zero-order valence-electron chi connectivity index (χ0n) is 14.3. The number of methoxy groups -OCH3 is 1. The van der Waals surface area contributed by atoms with Gasteiger partial charge >= 0.3 is 6.09 Å². The van der Waals surface area contributed by atoms with Crippen molar-refractivity contribution in [3.05, 3.63) is 0 Å². The molecule has 0 aliphatic carbocycles. The third-order valence-electron chi connectivity index (χ3n) is 3.43. The Bertz CT molecular complexity index is 288. The number of ether oxygens (including phenoxy) is 2. The Morgan fingerprint density at radius 2 is 1.86 bits per heavy atom. The molecule has 0 aromatic carbocycles. The molecule has 1 unspecified atom stereocenters. The molecule has 21 heavy (non-hydrogen) atoms. The SMILES string of the molecule is CCCC(CO)(CCCCOC)CNC(=O)OC(C)(C)C. The van der Waals surface area contributed by atoms with Gasteiger partial charge in [0.05, 0.1) is 6.61 Å². The summed E-state index contributed by atoms with van der Waals surface area (Å²) >= 11 is 0. The fraction of sp³-hybridized carbons (Fsp3) is 0.938. The average Bonchev–Trinajstić information content (AvgIpc) is 2.39. The van der Waals surface area contributed by atoms with Crippen LogP contribution in [0, 0.1) is 5.41 Å². The van der Waals surface area contributed by atoms with Gasteiger partial charge in [0.2, 0.25) is 0 Å². The molecule has 2 N–H and O–H groups in total. The van der Waals surface area contributed by atoms with Crippen LogP contribution >= 0.6 is 0 Å². The Hall–Kier alpha value is -0.810. The Morgan fingerprint density at radius 1 is 1.19 bits per heavy atom.